The molecule has 0 amide bonds. The number of rotatable bonds is 4. The first kappa shape index (κ1) is 13.2. The highest BCUT2D eigenvalue weighted by molar-refractivity contribution is 5.71. The summed E-state index contributed by atoms with van der Waals surface area (Å²) in [6, 6.07) is 7.41. The fourth-order valence-corrected chi connectivity index (χ4v) is 1.90. The maximum absolute atomic E-state index is 11.4. The van der Waals surface area contributed by atoms with Gasteiger partial charge >= 0.3 is 5.97 Å². The first-order valence-electron chi connectivity index (χ1n) is 6.19. The van der Waals surface area contributed by atoms with E-state index in [2.05, 4.69) is 6.07 Å². The van der Waals surface area contributed by atoms with Crippen LogP contribution >= 0.6 is 0 Å². The Morgan fingerprint density at radius 3 is 2.84 bits per heavy atom. The lowest BCUT2D eigenvalue weighted by Gasteiger charge is -2.19. The normalized spacial score (nSPS) is 14.3. The summed E-state index contributed by atoms with van der Waals surface area (Å²) >= 11 is 0. The summed E-state index contributed by atoms with van der Waals surface area (Å²) in [6.45, 7) is 3.07. The van der Waals surface area contributed by atoms with Crippen molar-refractivity contribution in [3.63, 3.8) is 0 Å². The third-order valence-electron chi connectivity index (χ3n) is 2.80. The van der Waals surface area contributed by atoms with Gasteiger partial charge in [0.25, 0.3) is 0 Å². The third-order valence-corrected chi connectivity index (χ3v) is 2.80. The molecule has 0 aromatic heterocycles. The zero-order valence-electron chi connectivity index (χ0n) is 10.7. The minimum Gasteiger partial charge on any atom is -0.486 e. The zero-order valence-corrected chi connectivity index (χ0v) is 10.7. The number of carbonyl (C=O) groups is 1. The summed E-state index contributed by atoms with van der Waals surface area (Å²) in [4.78, 5) is 11.4. The van der Waals surface area contributed by atoms with E-state index in [9.17, 15) is 10.1 Å². The molecule has 1 heterocycles. The Morgan fingerprint density at radius 1 is 1.42 bits per heavy atom. The maximum Gasteiger partial charge on any atom is 0.307 e. The van der Waals surface area contributed by atoms with E-state index in [1.165, 1.54) is 0 Å². The molecule has 1 aromatic rings. The van der Waals surface area contributed by atoms with Crippen LogP contribution in [0.15, 0.2) is 18.2 Å². The molecule has 1 aromatic carbocycles. The number of hydrogen-bond acceptors (Lipinski definition) is 5. The molecule has 1 aliphatic rings. The Bertz CT molecular complexity index is 507. The molecule has 1 atom stereocenters. The quantitative estimate of drug-likeness (QED) is 0.775. The third kappa shape index (κ3) is 3.16. The summed E-state index contributed by atoms with van der Waals surface area (Å²) in [5.41, 5.74) is 0.736. The van der Waals surface area contributed by atoms with Crippen molar-refractivity contribution < 1.29 is 19.0 Å². The molecule has 0 radical (unpaired) electrons. The van der Waals surface area contributed by atoms with Crippen molar-refractivity contribution in [1.82, 2.24) is 0 Å². The summed E-state index contributed by atoms with van der Waals surface area (Å²) in [5.74, 6) is 0.384. The van der Waals surface area contributed by atoms with Crippen LogP contribution in [0.3, 0.4) is 0 Å². The monoisotopic (exact) mass is 261 g/mol. The van der Waals surface area contributed by atoms with Crippen molar-refractivity contribution in [3.05, 3.63) is 23.8 Å². The smallest absolute Gasteiger partial charge is 0.307 e. The summed E-state index contributed by atoms with van der Waals surface area (Å²) < 4.78 is 15.7. The van der Waals surface area contributed by atoms with E-state index >= 15 is 0 Å². The second kappa shape index (κ2) is 6.10. The molecular formula is C14H15NO4. The molecule has 0 fully saturated rings. The van der Waals surface area contributed by atoms with Crippen molar-refractivity contribution in [2.45, 2.75) is 19.3 Å². The average Bonchev–Trinajstić information content (AvgIpc) is 2.44. The van der Waals surface area contributed by atoms with Gasteiger partial charge in [-0.3, -0.25) is 4.79 Å². The first-order valence-corrected chi connectivity index (χ1v) is 6.19. The molecule has 100 valence electrons. The minimum absolute atomic E-state index is 0.0456. The van der Waals surface area contributed by atoms with E-state index in [4.69, 9.17) is 14.2 Å². The molecule has 0 spiro atoms. The van der Waals surface area contributed by atoms with Crippen LogP contribution in [0.25, 0.3) is 0 Å². The molecule has 0 N–H and O–H groups in total. The average molecular weight is 261 g/mol. The lowest BCUT2D eigenvalue weighted by atomic mass is 9.97. The molecule has 0 bridgehead atoms. The van der Waals surface area contributed by atoms with Crippen molar-refractivity contribution in [2.75, 3.05) is 19.8 Å². The second-order valence-corrected chi connectivity index (χ2v) is 4.09. The van der Waals surface area contributed by atoms with Gasteiger partial charge in [-0.15, -0.1) is 0 Å². The highest BCUT2D eigenvalue weighted by Gasteiger charge is 2.19. The van der Waals surface area contributed by atoms with Crippen LogP contribution in [0.4, 0.5) is 0 Å². The SMILES string of the molecule is CCOC(=O)CC(C#N)c1ccc2c(c1)OCCO2. The predicted molar refractivity (Wildman–Crippen MR) is 67.0 cm³/mol. The van der Waals surface area contributed by atoms with Gasteiger partial charge in [0, 0.05) is 0 Å². The highest BCUT2D eigenvalue weighted by Crippen LogP contribution is 2.33. The lowest BCUT2D eigenvalue weighted by Crippen LogP contribution is -2.16. The molecule has 0 aliphatic carbocycles. The van der Waals surface area contributed by atoms with Crippen molar-refractivity contribution in [2.24, 2.45) is 0 Å². The molecular weight excluding hydrogens is 246 g/mol. The molecule has 19 heavy (non-hydrogen) atoms. The van der Waals surface area contributed by atoms with Crippen molar-refractivity contribution in [1.29, 1.82) is 5.26 Å². The Labute approximate surface area is 111 Å². The Hall–Kier alpha value is -2.22. The minimum atomic E-state index is -0.533. The summed E-state index contributed by atoms with van der Waals surface area (Å²) in [5, 5.41) is 9.17. The topological polar surface area (TPSA) is 68.6 Å². The van der Waals surface area contributed by atoms with Crippen LogP contribution in [0, 0.1) is 11.3 Å². The van der Waals surface area contributed by atoms with Gasteiger partial charge in [-0.2, -0.15) is 5.26 Å². The summed E-state index contributed by atoms with van der Waals surface area (Å²) in [7, 11) is 0. The van der Waals surface area contributed by atoms with Gasteiger partial charge < -0.3 is 14.2 Å². The number of nitrogens with zero attached hydrogens (tertiary/aromatic N) is 1. The number of fused-ring (bicyclic) bond motifs is 1. The highest BCUT2D eigenvalue weighted by atomic mass is 16.6. The fraction of sp³-hybridized carbons (Fsp3) is 0.429. The predicted octanol–water partition coefficient (Wildman–Crippen LogP) is 2.02. The van der Waals surface area contributed by atoms with Gasteiger partial charge in [0.2, 0.25) is 0 Å². The molecule has 5 nitrogen and oxygen atoms in total. The number of ether oxygens (including phenoxy) is 3. The number of benzene rings is 1. The fourth-order valence-electron chi connectivity index (χ4n) is 1.90. The van der Waals surface area contributed by atoms with Gasteiger partial charge in [-0.05, 0) is 24.6 Å². The molecule has 1 aliphatic heterocycles. The number of esters is 1. The molecule has 0 saturated heterocycles. The van der Waals surface area contributed by atoms with E-state index in [1.807, 2.05) is 0 Å². The number of nitriles is 1. The summed E-state index contributed by atoms with van der Waals surface area (Å²) in [6.07, 6.45) is 0.0456. The van der Waals surface area contributed by atoms with E-state index < -0.39 is 5.92 Å². The Morgan fingerprint density at radius 2 is 2.16 bits per heavy atom. The lowest BCUT2D eigenvalue weighted by molar-refractivity contribution is -0.143. The largest absolute Gasteiger partial charge is 0.486 e. The molecule has 2 rings (SSSR count). The van der Waals surface area contributed by atoms with E-state index in [1.54, 1.807) is 25.1 Å². The van der Waals surface area contributed by atoms with E-state index in [0.29, 0.717) is 31.3 Å². The second-order valence-electron chi connectivity index (χ2n) is 4.09. The molecule has 0 saturated carbocycles. The van der Waals surface area contributed by atoms with Crippen LogP contribution in [-0.2, 0) is 9.53 Å². The van der Waals surface area contributed by atoms with Crippen LogP contribution in [0.1, 0.15) is 24.8 Å². The van der Waals surface area contributed by atoms with E-state index in [-0.39, 0.29) is 12.4 Å². The maximum atomic E-state index is 11.4. The first-order chi connectivity index (χ1) is 9.24. The van der Waals surface area contributed by atoms with Gasteiger partial charge in [0.05, 0.1) is 25.0 Å². The number of hydrogen-bond donors (Lipinski definition) is 0. The van der Waals surface area contributed by atoms with Crippen LogP contribution in [0.5, 0.6) is 11.5 Å². The van der Waals surface area contributed by atoms with Gasteiger partial charge in [-0.1, -0.05) is 6.07 Å². The molecule has 1 unspecified atom stereocenters. The van der Waals surface area contributed by atoms with Gasteiger partial charge in [0.15, 0.2) is 11.5 Å². The Kier molecular flexibility index (Phi) is 4.24. The van der Waals surface area contributed by atoms with Crippen LogP contribution in [-0.4, -0.2) is 25.8 Å². The van der Waals surface area contributed by atoms with Crippen LogP contribution in [0.2, 0.25) is 0 Å². The van der Waals surface area contributed by atoms with Crippen LogP contribution < -0.4 is 9.47 Å². The standard InChI is InChI=1S/C14H15NO4/c1-2-17-14(16)8-11(9-15)10-3-4-12-13(7-10)19-6-5-18-12/h3-4,7,11H,2,5-6,8H2,1H3. The van der Waals surface area contributed by atoms with E-state index in [0.717, 1.165) is 5.56 Å². The van der Waals surface area contributed by atoms with Crippen molar-refractivity contribution >= 4 is 5.97 Å². The van der Waals surface area contributed by atoms with Gasteiger partial charge in [0.1, 0.15) is 13.2 Å². The number of carbonyl (C=O) groups excluding carboxylic acids is 1. The van der Waals surface area contributed by atoms with Crippen molar-refractivity contribution in [3.8, 4) is 17.6 Å². The van der Waals surface area contributed by atoms with Gasteiger partial charge in [-0.25, -0.2) is 0 Å². The Balaban J connectivity index is 2.15. The molecule has 5 heteroatoms. The zero-order chi connectivity index (χ0) is 13.7.